The van der Waals surface area contributed by atoms with Gasteiger partial charge in [-0.1, -0.05) is 13.8 Å². The lowest BCUT2D eigenvalue weighted by Gasteiger charge is -2.40. The summed E-state index contributed by atoms with van der Waals surface area (Å²) in [6, 6.07) is 10.8. The van der Waals surface area contributed by atoms with Gasteiger partial charge in [0.15, 0.2) is 0 Å². The molecule has 0 aliphatic carbocycles. The molecule has 1 atom stereocenters. The Morgan fingerprint density at radius 2 is 1.97 bits per heavy atom. The Labute approximate surface area is 181 Å². The predicted molar refractivity (Wildman–Crippen MR) is 118 cm³/mol. The predicted octanol–water partition coefficient (Wildman–Crippen LogP) is 3.29. The van der Waals surface area contributed by atoms with Gasteiger partial charge in [0.05, 0.1) is 13.1 Å². The van der Waals surface area contributed by atoms with Crippen molar-refractivity contribution in [3.05, 3.63) is 60.6 Å². The van der Waals surface area contributed by atoms with Crippen molar-refractivity contribution in [3.63, 3.8) is 0 Å². The zero-order valence-corrected chi connectivity index (χ0v) is 17.7. The van der Waals surface area contributed by atoms with Crippen LogP contribution in [0.15, 0.2) is 55.0 Å². The van der Waals surface area contributed by atoms with Crippen molar-refractivity contribution in [2.45, 2.75) is 32.9 Å². The van der Waals surface area contributed by atoms with Crippen LogP contribution in [0.4, 0.5) is 10.5 Å². The maximum absolute atomic E-state index is 12.2. The maximum atomic E-state index is 12.2. The highest BCUT2D eigenvalue weighted by Crippen LogP contribution is 2.22. The van der Waals surface area contributed by atoms with E-state index in [0.29, 0.717) is 25.3 Å². The van der Waals surface area contributed by atoms with Gasteiger partial charge in [-0.2, -0.15) is 0 Å². The third kappa shape index (κ3) is 4.96. The molecule has 3 aromatic rings. The molecular weight excluding hydrogens is 394 g/mol. The SMILES string of the molecule is CC[C@H](C)C(=O)N1CC(Oc2ccc(NC(=O)NCc3ccn4ccnc4c3)cc2)C1. The van der Waals surface area contributed by atoms with Gasteiger partial charge < -0.3 is 24.7 Å². The van der Waals surface area contributed by atoms with Gasteiger partial charge in [0, 0.05) is 36.7 Å². The van der Waals surface area contributed by atoms with Gasteiger partial charge in [0.2, 0.25) is 5.91 Å². The number of carbonyl (C=O) groups excluding carboxylic acids is 2. The molecule has 31 heavy (non-hydrogen) atoms. The number of hydrogen-bond donors (Lipinski definition) is 2. The van der Waals surface area contributed by atoms with Crippen LogP contribution in [-0.2, 0) is 11.3 Å². The molecule has 3 amide bonds. The van der Waals surface area contributed by atoms with Crippen LogP contribution in [0.1, 0.15) is 25.8 Å². The molecule has 0 spiro atoms. The van der Waals surface area contributed by atoms with E-state index in [9.17, 15) is 9.59 Å². The number of ether oxygens (including phenoxy) is 1. The van der Waals surface area contributed by atoms with Crippen molar-refractivity contribution < 1.29 is 14.3 Å². The second-order valence-corrected chi connectivity index (χ2v) is 7.85. The number of imidazole rings is 1. The Kier molecular flexibility index (Phi) is 6.06. The average molecular weight is 422 g/mol. The van der Waals surface area contributed by atoms with Crippen LogP contribution in [0.5, 0.6) is 5.75 Å². The topological polar surface area (TPSA) is 88.0 Å². The fraction of sp³-hybridized carbons (Fsp3) is 0.348. The van der Waals surface area contributed by atoms with E-state index in [1.165, 1.54) is 0 Å². The van der Waals surface area contributed by atoms with Crippen LogP contribution in [0.3, 0.4) is 0 Å². The Balaban J connectivity index is 1.21. The first-order chi connectivity index (χ1) is 15.0. The minimum atomic E-state index is -0.282. The van der Waals surface area contributed by atoms with Crippen LogP contribution in [-0.4, -0.2) is 45.4 Å². The summed E-state index contributed by atoms with van der Waals surface area (Å²) in [4.78, 5) is 30.4. The quantitative estimate of drug-likeness (QED) is 0.613. The third-order valence-corrected chi connectivity index (χ3v) is 5.52. The van der Waals surface area contributed by atoms with Crippen LogP contribution >= 0.6 is 0 Å². The molecule has 0 bridgehead atoms. The molecule has 0 radical (unpaired) electrons. The molecule has 2 aromatic heterocycles. The molecule has 162 valence electrons. The summed E-state index contributed by atoms with van der Waals surface area (Å²) < 4.78 is 7.82. The summed E-state index contributed by atoms with van der Waals surface area (Å²) in [6.45, 7) is 5.62. The van der Waals surface area contributed by atoms with Crippen molar-refractivity contribution in [1.82, 2.24) is 19.6 Å². The van der Waals surface area contributed by atoms with E-state index in [1.807, 2.05) is 59.8 Å². The number of anilines is 1. The molecule has 4 rings (SSSR count). The highest BCUT2D eigenvalue weighted by molar-refractivity contribution is 5.89. The number of nitrogens with zero attached hydrogens (tertiary/aromatic N) is 3. The summed E-state index contributed by atoms with van der Waals surface area (Å²) in [5.41, 5.74) is 2.49. The third-order valence-electron chi connectivity index (χ3n) is 5.52. The maximum Gasteiger partial charge on any atom is 0.319 e. The van der Waals surface area contributed by atoms with Crippen LogP contribution in [0, 0.1) is 5.92 Å². The standard InChI is InChI=1S/C23H27N5O3/c1-3-16(2)22(29)28-14-20(15-28)31-19-6-4-18(5-7-19)26-23(30)25-13-17-8-10-27-11-9-24-21(27)12-17/h4-12,16,20H,3,13-15H2,1-2H3,(H2,25,26,30)/t16-/m0/s1. The van der Waals surface area contributed by atoms with E-state index >= 15 is 0 Å². The largest absolute Gasteiger partial charge is 0.487 e. The molecule has 1 aliphatic heterocycles. The van der Waals surface area contributed by atoms with Gasteiger partial charge >= 0.3 is 6.03 Å². The molecule has 0 unspecified atom stereocenters. The molecule has 8 nitrogen and oxygen atoms in total. The second kappa shape index (κ2) is 9.07. The minimum Gasteiger partial charge on any atom is -0.487 e. The summed E-state index contributed by atoms with van der Waals surface area (Å²) in [6.07, 6.45) is 6.39. The number of benzene rings is 1. The number of nitrogens with one attached hydrogen (secondary N) is 2. The Morgan fingerprint density at radius 3 is 2.71 bits per heavy atom. The number of rotatable bonds is 7. The average Bonchev–Trinajstić information content (AvgIpc) is 3.22. The molecule has 0 saturated carbocycles. The molecule has 1 saturated heterocycles. The van der Waals surface area contributed by atoms with E-state index < -0.39 is 0 Å². The number of amides is 3. The molecule has 8 heteroatoms. The number of fused-ring (bicyclic) bond motifs is 1. The van der Waals surface area contributed by atoms with Crippen molar-refractivity contribution in [2.75, 3.05) is 18.4 Å². The zero-order valence-electron chi connectivity index (χ0n) is 17.7. The number of hydrogen-bond acceptors (Lipinski definition) is 4. The van der Waals surface area contributed by atoms with Gasteiger partial charge in [-0.05, 0) is 48.4 Å². The summed E-state index contributed by atoms with van der Waals surface area (Å²) in [7, 11) is 0. The summed E-state index contributed by atoms with van der Waals surface area (Å²) in [5.74, 6) is 0.975. The van der Waals surface area contributed by atoms with Crippen molar-refractivity contribution in [2.24, 2.45) is 5.92 Å². The lowest BCUT2D eigenvalue weighted by atomic mass is 10.0. The first kappa shape index (κ1) is 20.7. The van der Waals surface area contributed by atoms with E-state index in [-0.39, 0.29) is 24.0 Å². The number of likely N-dealkylation sites (tertiary alicyclic amines) is 1. The smallest absolute Gasteiger partial charge is 0.319 e. The van der Waals surface area contributed by atoms with Crippen molar-refractivity contribution in [1.29, 1.82) is 0 Å². The van der Waals surface area contributed by atoms with E-state index in [2.05, 4.69) is 15.6 Å². The normalized spacial score (nSPS) is 14.7. The van der Waals surface area contributed by atoms with Crippen molar-refractivity contribution in [3.8, 4) is 5.75 Å². The number of aromatic nitrogens is 2. The highest BCUT2D eigenvalue weighted by Gasteiger charge is 2.33. The lowest BCUT2D eigenvalue weighted by molar-refractivity contribution is -0.144. The van der Waals surface area contributed by atoms with Gasteiger partial charge in [-0.25, -0.2) is 9.78 Å². The van der Waals surface area contributed by atoms with E-state index in [4.69, 9.17) is 4.74 Å². The zero-order chi connectivity index (χ0) is 21.8. The first-order valence-corrected chi connectivity index (χ1v) is 10.5. The van der Waals surface area contributed by atoms with Crippen LogP contribution < -0.4 is 15.4 Å². The highest BCUT2D eigenvalue weighted by atomic mass is 16.5. The monoisotopic (exact) mass is 421 g/mol. The van der Waals surface area contributed by atoms with E-state index in [1.54, 1.807) is 18.3 Å². The van der Waals surface area contributed by atoms with Crippen LogP contribution in [0.2, 0.25) is 0 Å². The van der Waals surface area contributed by atoms with Gasteiger partial charge in [-0.15, -0.1) is 0 Å². The molecule has 1 fully saturated rings. The minimum absolute atomic E-state index is 0.0162. The number of urea groups is 1. The Hall–Kier alpha value is -3.55. The van der Waals surface area contributed by atoms with Gasteiger partial charge in [-0.3, -0.25) is 4.79 Å². The van der Waals surface area contributed by atoms with E-state index in [0.717, 1.165) is 23.4 Å². The molecule has 3 heterocycles. The number of carbonyl (C=O) groups is 2. The Bertz CT molecular complexity index is 1060. The van der Waals surface area contributed by atoms with Crippen LogP contribution in [0.25, 0.3) is 5.65 Å². The van der Waals surface area contributed by atoms with Crippen molar-refractivity contribution >= 4 is 23.3 Å². The second-order valence-electron chi connectivity index (χ2n) is 7.85. The Morgan fingerprint density at radius 1 is 1.19 bits per heavy atom. The number of pyridine rings is 1. The molecule has 2 N–H and O–H groups in total. The summed E-state index contributed by atoms with van der Waals surface area (Å²) in [5, 5.41) is 5.66. The fourth-order valence-corrected chi connectivity index (χ4v) is 3.41. The van der Waals surface area contributed by atoms with Gasteiger partial charge in [0.25, 0.3) is 0 Å². The lowest BCUT2D eigenvalue weighted by Crippen LogP contribution is -2.57. The summed E-state index contributed by atoms with van der Waals surface area (Å²) >= 11 is 0. The fourth-order valence-electron chi connectivity index (χ4n) is 3.41. The first-order valence-electron chi connectivity index (χ1n) is 10.5. The molecule has 1 aromatic carbocycles. The molecule has 1 aliphatic rings. The molecular formula is C23H27N5O3. The van der Waals surface area contributed by atoms with Gasteiger partial charge in [0.1, 0.15) is 17.5 Å².